The number of piperidine rings is 1. The minimum Gasteiger partial charge on any atom is -0.465 e. The van der Waals surface area contributed by atoms with Gasteiger partial charge in [0.15, 0.2) is 5.11 Å². The summed E-state index contributed by atoms with van der Waals surface area (Å²) >= 11 is 5.40. The van der Waals surface area contributed by atoms with E-state index in [-0.39, 0.29) is 5.97 Å². The summed E-state index contributed by atoms with van der Waals surface area (Å²) in [5.41, 5.74) is 2.21. The van der Waals surface area contributed by atoms with Crippen molar-refractivity contribution in [3.8, 4) is 0 Å². The van der Waals surface area contributed by atoms with Crippen LogP contribution in [0.3, 0.4) is 0 Å². The average Bonchev–Trinajstić information content (AvgIpc) is 2.66. The lowest BCUT2D eigenvalue weighted by molar-refractivity contribution is 0.0600. The maximum absolute atomic E-state index is 11.8. The van der Waals surface area contributed by atoms with Gasteiger partial charge in [-0.3, -0.25) is 0 Å². The highest BCUT2D eigenvalue weighted by Crippen LogP contribution is 2.20. The third-order valence-electron chi connectivity index (χ3n) is 5.12. The standard InChI is InChI=1S/C20H31N3O2S/c1-4-16-9-5-6-13-23(16)14-8-12-21-20(26)22-18-11-7-10-17(15(18)2)19(24)25-3/h7,10-11,16H,4-6,8-9,12-14H2,1-3H3,(H2,21,22,26)/t16-/m0/s1. The molecule has 2 rings (SSSR count). The van der Waals surface area contributed by atoms with Crippen molar-refractivity contribution in [3.05, 3.63) is 29.3 Å². The zero-order chi connectivity index (χ0) is 18.9. The number of nitrogens with zero attached hydrogens (tertiary/aromatic N) is 1. The van der Waals surface area contributed by atoms with Crippen LogP contribution >= 0.6 is 12.2 Å². The van der Waals surface area contributed by atoms with Gasteiger partial charge in [0, 0.05) is 24.8 Å². The number of likely N-dealkylation sites (tertiary alicyclic amines) is 1. The Hall–Kier alpha value is -1.66. The molecule has 5 nitrogen and oxygen atoms in total. The molecule has 0 amide bonds. The number of rotatable bonds is 7. The first-order valence-electron chi connectivity index (χ1n) is 9.53. The number of nitrogens with one attached hydrogen (secondary N) is 2. The first-order chi connectivity index (χ1) is 12.6. The normalized spacial score (nSPS) is 17.6. The highest BCUT2D eigenvalue weighted by atomic mass is 32.1. The maximum atomic E-state index is 11.8. The average molecular weight is 378 g/mol. The Bertz CT molecular complexity index is 621. The van der Waals surface area contributed by atoms with Gasteiger partial charge in [-0.2, -0.15) is 0 Å². The van der Waals surface area contributed by atoms with E-state index >= 15 is 0 Å². The SMILES string of the molecule is CC[C@H]1CCCCN1CCCNC(=S)Nc1cccc(C(=O)OC)c1C. The monoisotopic (exact) mass is 377 g/mol. The quantitative estimate of drug-likeness (QED) is 0.429. The Labute approximate surface area is 162 Å². The van der Waals surface area contributed by atoms with Gasteiger partial charge < -0.3 is 20.3 Å². The fourth-order valence-corrected chi connectivity index (χ4v) is 3.78. The topological polar surface area (TPSA) is 53.6 Å². The van der Waals surface area contributed by atoms with E-state index in [4.69, 9.17) is 17.0 Å². The van der Waals surface area contributed by atoms with Crippen molar-refractivity contribution in [3.63, 3.8) is 0 Å². The maximum Gasteiger partial charge on any atom is 0.338 e. The summed E-state index contributed by atoms with van der Waals surface area (Å²) in [7, 11) is 1.39. The van der Waals surface area contributed by atoms with Gasteiger partial charge in [-0.15, -0.1) is 0 Å². The molecular formula is C20H31N3O2S. The fraction of sp³-hybridized carbons (Fsp3) is 0.600. The lowest BCUT2D eigenvalue weighted by Crippen LogP contribution is -2.41. The number of carbonyl (C=O) groups is 1. The molecule has 1 saturated heterocycles. The molecule has 6 heteroatoms. The zero-order valence-electron chi connectivity index (χ0n) is 16.1. The predicted molar refractivity (Wildman–Crippen MR) is 111 cm³/mol. The second-order valence-electron chi connectivity index (χ2n) is 6.80. The largest absolute Gasteiger partial charge is 0.465 e. The van der Waals surface area contributed by atoms with Crippen LogP contribution in [0.15, 0.2) is 18.2 Å². The van der Waals surface area contributed by atoms with Crippen molar-refractivity contribution in [1.82, 2.24) is 10.2 Å². The van der Waals surface area contributed by atoms with Crippen molar-refractivity contribution in [2.24, 2.45) is 0 Å². The van der Waals surface area contributed by atoms with Crippen LogP contribution in [0.1, 0.15) is 54.9 Å². The van der Waals surface area contributed by atoms with Crippen LogP contribution in [0.25, 0.3) is 0 Å². The number of ether oxygens (including phenoxy) is 1. The molecule has 0 unspecified atom stereocenters. The third-order valence-corrected chi connectivity index (χ3v) is 5.36. The lowest BCUT2D eigenvalue weighted by atomic mass is 10.00. The van der Waals surface area contributed by atoms with E-state index in [1.165, 1.54) is 39.3 Å². The van der Waals surface area contributed by atoms with E-state index < -0.39 is 0 Å². The molecule has 0 aliphatic carbocycles. The minimum absolute atomic E-state index is 0.336. The Kier molecular flexibility index (Phi) is 8.32. The molecule has 0 spiro atoms. The van der Waals surface area contributed by atoms with Gasteiger partial charge in [-0.1, -0.05) is 19.4 Å². The van der Waals surface area contributed by atoms with Gasteiger partial charge >= 0.3 is 5.97 Å². The van der Waals surface area contributed by atoms with Gasteiger partial charge in [0.25, 0.3) is 0 Å². The number of methoxy groups -OCH3 is 1. The molecule has 1 aromatic rings. The summed E-state index contributed by atoms with van der Waals surface area (Å²) in [4.78, 5) is 14.4. The van der Waals surface area contributed by atoms with Gasteiger partial charge in [0.2, 0.25) is 0 Å². The van der Waals surface area contributed by atoms with E-state index in [9.17, 15) is 4.79 Å². The summed E-state index contributed by atoms with van der Waals surface area (Å²) in [6.45, 7) is 7.35. The summed E-state index contributed by atoms with van der Waals surface area (Å²) < 4.78 is 4.81. The van der Waals surface area contributed by atoms with Gasteiger partial charge in [-0.05, 0) is 69.1 Å². The molecular weight excluding hydrogens is 346 g/mol. The Balaban J connectivity index is 1.78. The molecule has 1 heterocycles. The molecule has 144 valence electrons. The predicted octanol–water partition coefficient (Wildman–Crippen LogP) is 3.72. The van der Waals surface area contributed by atoms with Crippen molar-refractivity contribution in [1.29, 1.82) is 0 Å². The van der Waals surface area contributed by atoms with Crippen LogP contribution in [0.4, 0.5) is 5.69 Å². The summed E-state index contributed by atoms with van der Waals surface area (Å²) in [5.74, 6) is -0.336. The van der Waals surface area contributed by atoms with Gasteiger partial charge in [-0.25, -0.2) is 4.79 Å². The Morgan fingerprint density at radius 2 is 2.19 bits per heavy atom. The highest BCUT2D eigenvalue weighted by Gasteiger charge is 2.19. The molecule has 2 N–H and O–H groups in total. The number of hydrogen-bond acceptors (Lipinski definition) is 4. The molecule has 0 radical (unpaired) electrons. The number of benzene rings is 1. The summed E-state index contributed by atoms with van der Waals surface area (Å²) in [5, 5.41) is 7.04. The van der Waals surface area contributed by atoms with Crippen LogP contribution in [-0.2, 0) is 4.74 Å². The van der Waals surface area contributed by atoms with Crippen LogP contribution in [-0.4, -0.2) is 48.8 Å². The van der Waals surface area contributed by atoms with E-state index in [0.29, 0.717) is 10.7 Å². The Morgan fingerprint density at radius 3 is 2.92 bits per heavy atom. The van der Waals surface area contributed by atoms with Crippen LogP contribution in [0, 0.1) is 6.92 Å². The Morgan fingerprint density at radius 1 is 1.38 bits per heavy atom. The summed E-state index contributed by atoms with van der Waals surface area (Å²) in [6, 6.07) is 6.24. The first kappa shape index (κ1) is 20.6. The van der Waals surface area contributed by atoms with E-state index in [1.807, 2.05) is 19.1 Å². The molecule has 0 bridgehead atoms. The highest BCUT2D eigenvalue weighted by molar-refractivity contribution is 7.80. The van der Waals surface area contributed by atoms with Crippen molar-refractivity contribution >= 4 is 29.0 Å². The minimum atomic E-state index is -0.336. The third kappa shape index (κ3) is 5.68. The molecule has 1 aromatic carbocycles. The lowest BCUT2D eigenvalue weighted by Gasteiger charge is -2.35. The van der Waals surface area contributed by atoms with Crippen molar-refractivity contribution in [2.75, 3.05) is 32.1 Å². The van der Waals surface area contributed by atoms with E-state index in [1.54, 1.807) is 6.07 Å². The van der Waals surface area contributed by atoms with Crippen molar-refractivity contribution in [2.45, 2.75) is 52.0 Å². The van der Waals surface area contributed by atoms with Crippen LogP contribution in [0.5, 0.6) is 0 Å². The summed E-state index contributed by atoms with van der Waals surface area (Å²) in [6.07, 6.45) is 6.33. The molecule has 0 saturated carbocycles. The van der Waals surface area contributed by atoms with E-state index in [0.717, 1.165) is 36.8 Å². The van der Waals surface area contributed by atoms with Crippen molar-refractivity contribution < 1.29 is 9.53 Å². The molecule has 1 atom stereocenters. The molecule has 1 aliphatic rings. The molecule has 1 aliphatic heterocycles. The zero-order valence-corrected chi connectivity index (χ0v) is 17.0. The number of carbonyl (C=O) groups excluding carboxylic acids is 1. The number of hydrogen-bond donors (Lipinski definition) is 2. The smallest absolute Gasteiger partial charge is 0.338 e. The van der Waals surface area contributed by atoms with Gasteiger partial charge in [0.05, 0.1) is 12.7 Å². The first-order valence-corrected chi connectivity index (χ1v) is 9.94. The van der Waals surface area contributed by atoms with Crippen LogP contribution < -0.4 is 10.6 Å². The second-order valence-corrected chi connectivity index (χ2v) is 7.21. The fourth-order valence-electron chi connectivity index (χ4n) is 3.57. The number of esters is 1. The van der Waals surface area contributed by atoms with Gasteiger partial charge in [0.1, 0.15) is 0 Å². The molecule has 26 heavy (non-hydrogen) atoms. The molecule has 0 aromatic heterocycles. The molecule has 1 fully saturated rings. The van der Waals surface area contributed by atoms with E-state index in [2.05, 4.69) is 22.5 Å². The number of anilines is 1. The number of thiocarbonyl (C=S) groups is 1. The second kappa shape index (κ2) is 10.5. The van der Waals surface area contributed by atoms with Crippen LogP contribution in [0.2, 0.25) is 0 Å².